The first-order chi connectivity index (χ1) is 13.2. The first-order valence-corrected chi connectivity index (χ1v) is 8.31. The van der Waals surface area contributed by atoms with Crippen LogP contribution in [0, 0.1) is 0 Å². The number of benzene rings is 1. The molecule has 1 aromatic carbocycles. The van der Waals surface area contributed by atoms with Gasteiger partial charge in [0.2, 0.25) is 5.89 Å². The van der Waals surface area contributed by atoms with Crippen molar-refractivity contribution in [1.82, 2.24) is 40.1 Å². The highest BCUT2D eigenvalue weighted by molar-refractivity contribution is 6.03. The Morgan fingerprint density at radius 3 is 2.78 bits per heavy atom. The van der Waals surface area contributed by atoms with Gasteiger partial charge in [0.1, 0.15) is 11.0 Å². The summed E-state index contributed by atoms with van der Waals surface area (Å²) in [6, 6.07) is 9.75. The highest BCUT2D eigenvalue weighted by atomic mass is 16.4. The maximum absolute atomic E-state index is 5.97. The number of hydrogen-bond donors (Lipinski definition) is 1. The summed E-state index contributed by atoms with van der Waals surface area (Å²) in [5.41, 5.74) is 3.65. The molecule has 10 nitrogen and oxygen atoms in total. The predicted molar refractivity (Wildman–Crippen MR) is 97.8 cm³/mol. The lowest BCUT2D eigenvalue weighted by Gasteiger charge is -2.16. The summed E-state index contributed by atoms with van der Waals surface area (Å²) < 4.78 is 7.90. The second-order valence-electron chi connectivity index (χ2n) is 6.23. The first-order valence-electron chi connectivity index (χ1n) is 8.31. The Morgan fingerprint density at radius 1 is 1.15 bits per heavy atom. The second-order valence-corrected chi connectivity index (χ2v) is 6.23. The fraction of sp³-hybridized carbons (Fsp3) is 0.176. The number of tetrazole rings is 1. The smallest absolute Gasteiger partial charge is 0.251 e. The number of hydrogen-bond acceptors (Lipinski definition) is 8. The lowest BCUT2D eigenvalue weighted by Crippen LogP contribution is -2.19. The number of oxazole rings is 1. The van der Waals surface area contributed by atoms with Gasteiger partial charge in [-0.05, 0) is 22.6 Å². The summed E-state index contributed by atoms with van der Waals surface area (Å²) >= 11 is 0. The van der Waals surface area contributed by atoms with Crippen molar-refractivity contribution in [1.29, 1.82) is 0 Å². The molecule has 0 aliphatic carbocycles. The zero-order valence-electron chi connectivity index (χ0n) is 14.7. The Labute approximate surface area is 152 Å². The number of imidazole rings is 1. The number of aromatic amines is 1. The number of H-pyrrole nitrogens is 1. The number of rotatable bonds is 4. The molecule has 0 radical (unpaired) electrons. The molecular formula is C17H15N9O. The number of pyridine rings is 1. The van der Waals surface area contributed by atoms with Crippen LogP contribution in [0.25, 0.3) is 33.7 Å². The lowest BCUT2D eigenvalue weighted by atomic mass is 10.2. The van der Waals surface area contributed by atoms with Gasteiger partial charge in [0, 0.05) is 19.7 Å². The van der Waals surface area contributed by atoms with Crippen LogP contribution in [0.15, 0.2) is 41.1 Å². The molecule has 0 amide bonds. The average Bonchev–Trinajstić information content (AvgIpc) is 3.41. The quantitative estimate of drug-likeness (QED) is 0.516. The molecule has 0 aliphatic rings. The van der Waals surface area contributed by atoms with Gasteiger partial charge in [-0.2, -0.15) is 4.98 Å². The topological polar surface area (TPSA) is 114 Å². The van der Waals surface area contributed by atoms with E-state index in [0.29, 0.717) is 35.3 Å². The van der Waals surface area contributed by atoms with Crippen LogP contribution in [0.4, 0.5) is 5.82 Å². The van der Waals surface area contributed by atoms with Crippen molar-refractivity contribution in [2.45, 2.75) is 6.54 Å². The van der Waals surface area contributed by atoms with Crippen molar-refractivity contribution in [3.05, 3.63) is 42.5 Å². The summed E-state index contributed by atoms with van der Waals surface area (Å²) in [7, 11) is 3.83. The molecule has 0 saturated heterocycles. The molecule has 1 N–H and O–H groups in total. The van der Waals surface area contributed by atoms with Gasteiger partial charge in [-0.1, -0.05) is 18.2 Å². The Balaban J connectivity index is 1.69. The molecule has 0 aliphatic heterocycles. The third kappa shape index (κ3) is 2.49. The number of fused-ring (bicyclic) bond motifs is 3. The van der Waals surface area contributed by atoms with Gasteiger partial charge < -0.3 is 13.9 Å². The van der Waals surface area contributed by atoms with Crippen molar-refractivity contribution in [3.63, 3.8) is 0 Å². The molecular weight excluding hydrogens is 346 g/mol. The van der Waals surface area contributed by atoms with E-state index in [9.17, 15) is 0 Å². The van der Waals surface area contributed by atoms with Gasteiger partial charge in [0.15, 0.2) is 17.2 Å². The number of anilines is 1. The second kappa shape index (κ2) is 5.87. The van der Waals surface area contributed by atoms with E-state index in [0.717, 1.165) is 16.6 Å². The standard InChI is InChI=1S/C17H15N9O/c1-25(8-11-21-23-24-22-11)15-12-14(26(2)9-18-12)13-17(20-15)27-16(19-13)10-6-4-3-5-7-10/h3-7,9H,8H2,1-2H3,(H,21,22,23,24). The van der Waals surface area contributed by atoms with Crippen molar-refractivity contribution in [3.8, 4) is 11.5 Å². The van der Waals surface area contributed by atoms with Crippen LogP contribution in [0.2, 0.25) is 0 Å². The maximum atomic E-state index is 5.97. The third-order valence-corrected chi connectivity index (χ3v) is 4.35. The van der Waals surface area contributed by atoms with Crippen LogP contribution in [0.1, 0.15) is 5.82 Å². The Kier molecular flexibility index (Phi) is 3.35. The third-order valence-electron chi connectivity index (χ3n) is 4.35. The van der Waals surface area contributed by atoms with E-state index >= 15 is 0 Å². The van der Waals surface area contributed by atoms with Gasteiger partial charge in [0.25, 0.3) is 5.71 Å². The molecule has 0 spiro atoms. The Morgan fingerprint density at radius 2 is 2.00 bits per heavy atom. The molecule has 4 heterocycles. The van der Waals surface area contributed by atoms with Crippen molar-refractivity contribution in [2.24, 2.45) is 7.05 Å². The fourth-order valence-electron chi connectivity index (χ4n) is 3.08. The van der Waals surface area contributed by atoms with E-state index in [4.69, 9.17) is 4.42 Å². The van der Waals surface area contributed by atoms with Crippen molar-refractivity contribution >= 4 is 28.1 Å². The largest absolute Gasteiger partial charge is 0.418 e. The molecule has 4 aromatic heterocycles. The molecule has 0 fully saturated rings. The minimum absolute atomic E-state index is 0.455. The number of aryl methyl sites for hydroxylation is 1. The minimum Gasteiger partial charge on any atom is -0.418 e. The number of aromatic nitrogens is 8. The van der Waals surface area contributed by atoms with E-state index in [-0.39, 0.29) is 0 Å². The van der Waals surface area contributed by atoms with Gasteiger partial charge >= 0.3 is 0 Å². The first kappa shape index (κ1) is 15.4. The number of nitrogens with one attached hydrogen (secondary N) is 1. The van der Waals surface area contributed by atoms with Gasteiger partial charge in [-0.15, -0.1) is 5.10 Å². The Hall–Kier alpha value is -3.82. The zero-order chi connectivity index (χ0) is 18.4. The summed E-state index contributed by atoms with van der Waals surface area (Å²) in [6.45, 7) is 0.455. The van der Waals surface area contributed by atoms with E-state index < -0.39 is 0 Å². The molecule has 134 valence electrons. The van der Waals surface area contributed by atoms with Gasteiger partial charge in [-0.3, -0.25) is 0 Å². The molecule has 0 bridgehead atoms. The molecule has 0 saturated carbocycles. The molecule has 0 unspecified atom stereocenters. The highest BCUT2D eigenvalue weighted by Gasteiger charge is 2.21. The molecule has 5 aromatic rings. The average molecular weight is 361 g/mol. The molecule has 10 heteroatoms. The van der Waals surface area contributed by atoms with Crippen LogP contribution < -0.4 is 4.90 Å². The van der Waals surface area contributed by atoms with E-state index in [2.05, 4.69) is 35.6 Å². The molecule has 5 rings (SSSR count). The van der Waals surface area contributed by atoms with E-state index in [1.165, 1.54) is 0 Å². The van der Waals surface area contributed by atoms with Crippen LogP contribution in [0.5, 0.6) is 0 Å². The summed E-state index contributed by atoms with van der Waals surface area (Å²) in [5.74, 6) is 1.83. The van der Waals surface area contributed by atoms with Crippen molar-refractivity contribution in [2.75, 3.05) is 11.9 Å². The predicted octanol–water partition coefficient (Wildman–Crippen LogP) is 1.93. The van der Waals surface area contributed by atoms with Crippen molar-refractivity contribution < 1.29 is 4.42 Å². The van der Waals surface area contributed by atoms with Crippen LogP contribution in [-0.2, 0) is 13.6 Å². The highest BCUT2D eigenvalue weighted by Crippen LogP contribution is 2.32. The summed E-state index contributed by atoms with van der Waals surface area (Å²) in [6.07, 6.45) is 1.75. The van der Waals surface area contributed by atoms with Gasteiger partial charge in [0.05, 0.1) is 12.9 Å². The SMILES string of the molecule is CN(Cc1nnn[nH]1)c1nc2oc(-c3ccccc3)nc2c2c1ncn2C. The van der Waals surface area contributed by atoms with Crippen LogP contribution in [0.3, 0.4) is 0 Å². The summed E-state index contributed by atoms with van der Waals surface area (Å²) in [4.78, 5) is 15.8. The maximum Gasteiger partial charge on any atom is 0.251 e. The van der Waals surface area contributed by atoms with E-state index in [1.54, 1.807) is 6.33 Å². The fourth-order valence-corrected chi connectivity index (χ4v) is 3.08. The van der Waals surface area contributed by atoms with Crippen LogP contribution in [-0.4, -0.2) is 47.2 Å². The van der Waals surface area contributed by atoms with E-state index in [1.807, 2.05) is 53.9 Å². The summed E-state index contributed by atoms with van der Waals surface area (Å²) in [5, 5.41) is 13.9. The molecule has 0 atom stereocenters. The minimum atomic E-state index is 0.455. The monoisotopic (exact) mass is 361 g/mol. The Bertz CT molecular complexity index is 1220. The zero-order valence-corrected chi connectivity index (χ0v) is 14.7. The molecule has 27 heavy (non-hydrogen) atoms. The number of nitrogens with zero attached hydrogens (tertiary/aromatic N) is 8. The van der Waals surface area contributed by atoms with Crippen LogP contribution >= 0.6 is 0 Å². The van der Waals surface area contributed by atoms with Gasteiger partial charge in [-0.25, -0.2) is 15.1 Å². The lowest BCUT2D eigenvalue weighted by molar-refractivity contribution is 0.607. The normalized spacial score (nSPS) is 11.5.